The number of anilines is 1. The first-order valence-electron chi connectivity index (χ1n) is 11.7. The normalized spacial score (nSPS) is 12.7. The number of carboxylic acids is 1. The Balaban J connectivity index is 1.82. The Morgan fingerprint density at radius 1 is 1.12 bits per heavy atom. The van der Waals surface area contributed by atoms with Gasteiger partial charge < -0.3 is 14.4 Å². The zero-order valence-electron chi connectivity index (χ0n) is 21.1. The fourth-order valence-corrected chi connectivity index (χ4v) is 4.55. The molecule has 1 heterocycles. The van der Waals surface area contributed by atoms with Crippen LogP contribution in [0.3, 0.4) is 0 Å². The molecule has 0 aliphatic rings. The van der Waals surface area contributed by atoms with Crippen LogP contribution in [-0.4, -0.2) is 44.1 Å². The van der Waals surface area contributed by atoms with Gasteiger partial charge in [0.15, 0.2) is 8.32 Å². The van der Waals surface area contributed by atoms with E-state index >= 15 is 0 Å². The van der Waals surface area contributed by atoms with E-state index in [0.29, 0.717) is 12.2 Å². The highest BCUT2D eigenvalue weighted by atomic mass is 28.4. The van der Waals surface area contributed by atoms with Crippen LogP contribution < -0.4 is 4.90 Å². The largest absolute Gasteiger partial charge is 0.478 e. The van der Waals surface area contributed by atoms with E-state index < -0.39 is 14.3 Å². The maximum absolute atomic E-state index is 11.1. The summed E-state index contributed by atoms with van der Waals surface area (Å²) in [6, 6.07) is 17.3. The van der Waals surface area contributed by atoms with Crippen molar-refractivity contribution in [3.63, 3.8) is 0 Å². The summed E-state index contributed by atoms with van der Waals surface area (Å²) in [6.45, 7) is 15.6. The Bertz CT molecular complexity index is 1160. The molecular formula is C28H36N2O3Si. The number of aromatic nitrogens is 1. The van der Waals surface area contributed by atoms with Gasteiger partial charge in [0.25, 0.3) is 0 Å². The number of hydrogen-bond donors (Lipinski definition) is 1. The lowest BCUT2D eigenvalue weighted by Crippen LogP contribution is -2.43. The molecule has 0 unspecified atom stereocenters. The summed E-state index contributed by atoms with van der Waals surface area (Å²) in [5.41, 5.74) is 4.49. The van der Waals surface area contributed by atoms with E-state index in [2.05, 4.69) is 68.9 Å². The van der Waals surface area contributed by atoms with E-state index in [1.807, 2.05) is 36.5 Å². The lowest BCUT2D eigenvalue weighted by atomic mass is 10.1. The SMILES string of the molecule is CC(=Cc1ccc(C(=O)O)cc1)CN(CCO[Si](C)(C)C(C)(C)C)c1cnc2ccccc2c1. The van der Waals surface area contributed by atoms with Gasteiger partial charge in [0.05, 0.1) is 29.6 Å². The number of carbonyl (C=O) groups is 1. The van der Waals surface area contributed by atoms with Gasteiger partial charge in [0.2, 0.25) is 0 Å². The fraction of sp³-hybridized carbons (Fsp3) is 0.357. The molecule has 34 heavy (non-hydrogen) atoms. The van der Waals surface area contributed by atoms with Gasteiger partial charge in [-0.1, -0.05) is 62.8 Å². The Hall–Kier alpha value is -2.96. The van der Waals surface area contributed by atoms with E-state index in [4.69, 9.17) is 9.53 Å². The van der Waals surface area contributed by atoms with Gasteiger partial charge in [0.1, 0.15) is 0 Å². The molecule has 0 aliphatic carbocycles. The highest BCUT2D eigenvalue weighted by Crippen LogP contribution is 2.36. The van der Waals surface area contributed by atoms with E-state index in [1.165, 1.54) is 5.57 Å². The van der Waals surface area contributed by atoms with E-state index in [-0.39, 0.29) is 5.04 Å². The first-order chi connectivity index (χ1) is 16.0. The molecule has 6 heteroatoms. The number of hydrogen-bond acceptors (Lipinski definition) is 4. The summed E-state index contributed by atoms with van der Waals surface area (Å²) >= 11 is 0. The average Bonchev–Trinajstić information content (AvgIpc) is 2.77. The van der Waals surface area contributed by atoms with Crippen LogP contribution in [0, 0.1) is 0 Å². The van der Waals surface area contributed by atoms with Gasteiger partial charge in [-0.05, 0) is 54.9 Å². The van der Waals surface area contributed by atoms with Gasteiger partial charge in [-0.25, -0.2) is 4.79 Å². The topological polar surface area (TPSA) is 62.7 Å². The predicted molar refractivity (Wildman–Crippen MR) is 144 cm³/mol. The number of carboxylic acid groups (broad SMARTS) is 1. The molecule has 0 atom stereocenters. The molecular weight excluding hydrogens is 440 g/mol. The predicted octanol–water partition coefficient (Wildman–Crippen LogP) is 6.86. The van der Waals surface area contributed by atoms with Crippen molar-refractivity contribution in [2.24, 2.45) is 0 Å². The summed E-state index contributed by atoms with van der Waals surface area (Å²) < 4.78 is 6.47. The molecule has 0 radical (unpaired) electrons. The zero-order valence-corrected chi connectivity index (χ0v) is 22.1. The summed E-state index contributed by atoms with van der Waals surface area (Å²) in [4.78, 5) is 18.1. The Labute approximate surface area is 204 Å². The van der Waals surface area contributed by atoms with Crippen molar-refractivity contribution < 1.29 is 14.3 Å². The van der Waals surface area contributed by atoms with Crippen LogP contribution in [0.25, 0.3) is 17.0 Å². The molecule has 0 saturated carbocycles. The second-order valence-electron chi connectivity index (χ2n) is 10.3. The number of para-hydroxylation sites is 1. The van der Waals surface area contributed by atoms with Gasteiger partial charge in [-0.3, -0.25) is 4.98 Å². The van der Waals surface area contributed by atoms with Gasteiger partial charge in [0, 0.05) is 18.5 Å². The molecule has 0 fully saturated rings. The van der Waals surface area contributed by atoms with Crippen molar-refractivity contribution in [3.05, 3.63) is 77.5 Å². The molecule has 5 nitrogen and oxygen atoms in total. The molecule has 3 aromatic rings. The van der Waals surface area contributed by atoms with Crippen LogP contribution in [0.2, 0.25) is 18.1 Å². The molecule has 0 spiro atoms. The van der Waals surface area contributed by atoms with Crippen LogP contribution in [0.4, 0.5) is 5.69 Å². The molecule has 1 N–H and O–H groups in total. The second-order valence-corrected chi connectivity index (χ2v) is 15.1. The van der Waals surface area contributed by atoms with Crippen molar-refractivity contribution in [3.8, 4) is 0 Å². The lowest BCUT2D eigenvalue weighted by molar-refractivity contribution is 0.0697. The first-order valence-corrected chi connectivity index (χ1v) is 14.6. The molecule has 180 valence electrons. The van der Waals surface area contributed by atoms with Crippen molar-refractivity contribution in [1.29, 1.82) is 0 Å². The zero-order chi connectivity index (χ0) is 24.9. The van der Waals surface area contributed by atoms with Crippen LogP contribution in [-0.2, 0) is 4.43 Å². The Morgan fingerprint density at radius 3 is 2.44 bits per heavy atom. The molecule has 3 rings (SSSR count). The fourth-order valence-electron chi connectivity index (χ4n) is 3.51. The smallest absolute Gasteiger partial charge is 0.335 e. The minimum Gasteiger partial charge on any atom is -0.478 e. The van der Waals surface area contributed by atoms with Crippen LogP contribution in [0.5, 0.6) is 0 Å². The Kier molecular flexibility index (Phi) is 7.95. The number of aromatic carboxylic acids is 1. The average molecular weight is 477 g/mol. The molecule has 0 bridgehead atoms. The number of pyridine rings is 1. The highest BCUT2D eigenvalue weighted by molar-refractivity contribution is 6.74. The molecule has 0 aliphatic heterocycles. The minimum atomic E-state index is -1.84. The van der Waals surface area contributed by atoms with Crippen LogP contribution in [0.1, 0.15) is 43.6 Å². The van der Waals surface area contributed by atoms with E-state index in [0.717, 1.165) is 35.2 Å². The van der Waals surface area contributed by atoms with E-state index in [1.54, 1.807) is 12.1 Å². The molecule has 2 aromatic carbocycles. The standard InChI is InChI=1S/C28H36N2O3Si/c1-21(17-22-11-13-23(14-12-22)27(31)32)20-30(15-16-33-34(5,6)28(2,3)4)25-18-24-9-7-8-10-26(24)29-19-25/h7-14,17-19H,15-16,20H2,1-6H3,(H,31,32). The summed E-state index contributed by atoms with van der Waals surface area (Å²) in [5.74, 6) is -0.913. The van der Waals surface area contributed by atoms with Crippen molar-refractivity contribution in [2.45, 2.75) is 45.8 Å². The number of rotatable bonds is 9. The van der Waals surface area contributed by atoms with Crippen LogP contribution in [0.15, 0.2) is 66.4 Å². The number of nitrogens with zero attached hydrogens (tertiary/aromatic N) is 2. The van der Waals surface area contributed by atoms with Crippen LogP contribution >= 0.6 is 0 Å². The van der Waals surface area contributed by atoms with E-state index in [9.17, 15) is 4.79 Å². The van der Waals surface area contributed by atoms with Crippen molar-refractivity contribution in [2.75, 3.05) is 24.6 Å². The maximum atomic E-state index is 11.1. The van der Waals surface area contributed by atoms with Gasteiger partial charge >= 0.3 is 5.97 Å². The molecule has 0 amide bonds. The van der Waals surface area contributed by atoms with Gasteiger partial charge in [-0.15, -0.1) is 0 Å². The van der Waals surface area contributed by atoms with Crippen molar-refractivity contribution in [1.82, 2.24) is 4.98 Å². The lowest BCUT2D eigenvalue weighted by Gasteiger charge is -2.37. The highest BCUT2D eigenvalue weighted by Gasteiger charge is 2.37. The monoisotopic (exact) mass is 476 g/mol. The summed E-state index contributed by atoms with van der Waals surface area (Å²) in [6.07, 6.45) is 4.03. The van der Waals surface area contributed by atoms with Gasteiger partial charge in [-0.2, -0.15) is 0 Å². The first kappa shape index (κ1) is 25.7. The molecule has 0 saturated heterocycles. The van der Waals surface area contributed by atoms with Crippen molar-refractivity contribution >= 4 is 37.0 Å². The third kappa shape index (κ3) is 6.55. The third-order valence-electron chi connectivity index (χ3n) is 6.58. The number of fused-ring (bicyclic) bond motifs is 1. The maximum Gasteiger partial charge on any atom is 0.335 e. The Morgan fingerprint density at radius 2 is 1.79 bits per heavy atom. The number of benzene rings is 2. The third-order valence-corrected chi connectivity index (χ3v) is 11.1. The second kappa shape index (κ2) is 10.5. The quantitative estimate of drug-likeness (QED) is 0.342. The molecule has 1 aromatic heterocycles. The summed E-state index contributed by atoms with van der Waals surface area (Å²) in [5, 5.41) is 10.4. The summed E-state index contributed by atoms with van der Waals surface area (Å²) in [7, 11) is -1.84. The minimum absolute atomic E-state index is 0.167.